The summed E-state index contributed by atoms with van der Waals surface area (Å²) in [5.41, 5.74) is 9.64. The minimum absolute atomic E-state index is 0.0993. The van der Waals surface area contributed by atoms with Gasteiger partial charge in [0, 0.05) is 68.9 Å². The Labute approximate surface area is 244 Å². The number of nitrogens with two attached hydrogens (primary N) is 1. The molecular weight excluding hydrogens is 573 g/mol. The van der Waals surface area contributed by atoms with E-state index in [-0.39, 0.29) is 50.4 Å². The third-order valence-electron chi connectivity index (χ3n) is 8.74. The van der Waals surface area contributed by atoms with Gasteiger partial charge in [-0.2, -0.15) is 5.10 Å². The summed E-state index contributed by atoms with van der Waals surface area (Å²) in [6, 6.07) is 6.07. The molecule has 43 heavy (non-hydrogen) atoms. The van der Waals surface area contributed by atoms with Crippen LogP contribution in [0.1, 0.15) is 47.2 Å². The number of aromatic nitrogens is 3. The molecule has 1 saturated carbocycles. The van der Waals surface area contributed by atoms with E-state index in [2.05, 4.69) is 15.4 Å². The number of amides is 2. The summed E-state index contributed by atoms with van der Waals surface area (Å²) in [6.07, 6.45) is -1.76. The van der Waals surface area contributed by atoms with Crippen molar-refractivity contribution in [3.63, 3.8) is 0 Å². The second-order valence-corrected chi connectivity index (χ2v) is 11.9. The van der Waals surface area contributed by atoms with Gasteiger partial charge in [0.1, 0.15) is 18.0 Å². The quantitative estimate of drug-likeness (QED) is 0.414. The van der Waals surface area contributed by atoms with E-state index in [4.69, 9.17) is 5.73 Å². The average Bonchev–Trinajstić information content (AvgIpc) is 3.49. The number of nitrogens with one attached hydrogen (secondary N) is 1. The number of carbonyl (C=O) groups is 2. The lowest BCUT2D eigenvalue weighted by molar-refractivity contribution is -0.159. The molecule has 3 aromatic rings. The average molecular weight is 606 g/mol. The number of benzene rings is 1. The molecule has 3 N–H and O–H groups in total. The van der Waals surface area contributed by atoms with Gasteiger partial charge in [0.25, 0.3) is 11.8 Å². The third-order valence-corrected chi connectivity index (χ3v) is 8.74. The highest BCUT2D eigenvalue weighted by atomic mass is 19.3. The summed E-state index contributed by atoms with van der Waals surface area (Å²) < 4.78 is 70.4. The number of piperidine rings is 1. The van der Waals surface area contributed by atoms with Gasteiger partial charge in [-0.15, -0.1) is 0 Å². The molecule has 2 aliphatic heterocycles. The zero-order chi connectivity index (χ0) is 30.7. The standard InChI is InChI=1S/C29H32F5N7O2/c1-16-2-3-17(8-20(16)26(42)38-22-14-40(13-21(22)30)27(43)19-10-29(33,34)11-19)23-9-18(24-25(35)36-15-37-41(23)24)12-39-6-4-28(31,32)5-7-39/h2-3,8-9,15,19,21-22H,4-7,10-14H2,1H3,(H,38,42)(H2,35,36,37)/t21-,22+/m0/s1. The molecule has 6 rings (SSSR count). The van der Waals surface area contributed by atoms with Gasteiger partial charge in [-0.25, -0.2) is 31.5 Å². The van der Waals surface area contributed by atoms with Crippen LogP contribution in [0.25, 0.3) is 16.8 Å². The topological polar surface area (TPSA) is 109 Å². The van der Waals surface area contributed by atoms with Gasteiger partial charge in [0.2, 0.25) is 11.8 Å². The minimum atomic E-state index is -2.86. The van der Waals surface area contributed by atoms with Crippen molar-refractivity contribution in [3.05, 3.63) is 47.3 Å². The van der Waals surface area contributed by atoms with Gasteiger partial charge in [-0.1, -0.05) is 12.1 Å². The molecule has 2 atom stereocenters. The van der Waals surface area contributed by atoms with Gasteiger partial charge in [-0.3, -0.25) is 14.5 Å². The van der Waals surface area contributed by atoms with E-state index in [1.807, 2.05) is 11.0 Å². The monoisotopic (exact) mass is 605 g/mol. The summed E-state index contributed by atoms with van der Waals surface area (Å²) in [5, 5.41) is 7.03. The molecule has 0 radical (unpaired) electrons. The van der Waals surface area contributed by atoms with Gasteiger partial charge in [0.05, 0.1) is 18.3 Å². The number of nitrogens with zero attached hydrogens (tertiary/aromatic N) is 5. The summed E-state index contributed by atoms with van der Waals surface area (Å²) in [5.74, 6) is -7.19. The first-order valence-electron chi connectivity index (χ1n) is 14.2. The number of hydrogen-bond acceptors (Lipinski definition) is 6. The first-order chi connectivity index (χ1) is 20.3. The van der Waals surface area contributed by atoms with Crippen LogP contribution in [0.5, 0.6) is 0 Å². The number of halogens is 5. The van der Waals surface area contributed by atoms with Crippen LogP contribution in [0.3, 0.4) is 0 Å². The number of carbonyl (C=O) groups excluding carboxylic acids is 2. The summed E-state index contributed by atoms with van der Waals surface area (Å²) in [4.78, 5) is 33.2. The van der Waals surface area contributed by atoms with Crippen LogP contribution in [0.2, 0.25) is 0 Å². The highest BCUT2D eigenvalue weighted by Gasteiger charge is 2.51. The molecule has 0 bridgehead atoms. The maximum absolute atomic E-state index is 14.9. The Morgan fingerprint density at radius 1 is 1.07 bits per heavy atom. The normalized spacial score (nSPS) is 23.8. The Balaban J connectivity index is 1.21. The SMILES string of the molecule is Cc1ccc(-c2cc(CN3CCC(F)(F)CC3)c3c(N)ncnn23)cc1C(=O)N[C@@H]1CN(C(=O)C2CC(F)(F)C2)C[C@@H]1F. The van der Waals surface area contributed by atoms with E-state index in [0.29, 0.717) is 28.9 Å². The molecule has 3 aliphatic rings. The molecule has 2 saturated heterocycles. The molecule has 0 spiro atoms. The Hall–Kier alpha value is -3.81. The van der Waals surface area contributed by atoms with E-state index >= 15 is 0 Å². The predicted molar refractivity (Wildman–Crippen MR) is 147 cm³/mol. The van der Waals surface area contributed by atoms with Crippen molar-refractivity contribution in [1.82, 2.24) is 29.7 Å². The molecule has 0 unspecified atom stereocenters. The second-order valence-electron chi connectivity index (χ2n) is 11.9. The van der Waals surface area contributed by atoms with Crippen molar-refractivity contribution in [3.8, 4) is 11.3 Å². The Morgan fingerprint density at radius 3 is 2.49 bits per heavy atom. The Kier molecular flexibility index (Phi) is 7.30. The van der Waals surface area contributed by atoms with Crippen molar-refractivity contribution in [2.24, 2.45) is 5.92 Å². The van der Waals surface area contributed by atoms with Crippen LogP contribution in [-0.4, -0.2) is 86.4 Å². The number of aryl methyl sites for hydroxylation is 1. The van der Waals surface area contributed by atoms with Crippen molar-refractivity contribution in [2.45, 2.75) is 63.2 Å². The maximum Gasteiger partial charge on any atom is 0.251 e. The van der Waals surface area contributed by atoms with Crippen molar-refractivity contribution in [1.29, 1.82) is 0 Å². The van der Waals surface area contributed by atoms with Gasteiger partial charge >= 0.3 is 0 Å². The van der Waals surface area contributed by atoms with Crippen LogP contribution < -0.4 is 11.1 Å². The number of alkyl halides is 5. The zero-order valence-electron chi connectivity index (χ0n) is 23.5. The molecule has 2 amide bonds. The first kappa shape index (κ1) is 29.3. The van der Waals surface area contributed by atoms with Crippen molar-refractivity contribution < 1.29 is 31.5 Å². The Bertz CT molecular complexity index is 1560. The number of anilines is 1. The van der Waals surface area contributed by atoms with E-state index in [9.17, 15) is 31.5 Å². The van der Waals surface area contributed by atoms with Crippen molar-refractivity contribution in [2.75, 3.05) is 31.9 Å². The molecule has 1 aromatic carbocycles. The predicted octanol–water partition coefficient (Wildman–Crippen LogP) is 3.84. The van der Waals surface area contributed by atoms with E-state index < -0.39 is 54.6 Å². The largest absolute Gasteiger partial charge is 0.382 e. The lowest BCUT2D eigenvalue weighted by atomic mass is 9.80. The number of likely N-dealkylation sites (tertiary alicyclic amines) is 2. The van der Waals surface area contributed by atoms with Crippen LogP contribution in [0.4, 0.5) is 27.8 Å². The number of hydrogen-bond donors (Lipinski definition) is 2. The van der Waals surface area contributed by atoms with Gasteiger partial charge in [0.15, 0.2) is 5.82 Å². The van der Waals surface area contributed by atoms with Gasteiger partial charge in [-0.05, 0) is 30.2 Å². The van der Waals surface area contributed by atoms with Gasteiger partial charge < -0.3 is 16.0 Å². The molecule has 3 fully saturated rings. The molecule has 1 aliphatic carbocycles. The zero-order valence-corrected chi connectivity index (χ0v) is 23.5. The number of nitrogen functional groups attached to an aromatic ring is 1. The van der Waals surface area contributed by atoms with E-state index in [1.165, 1.54) is 11.2 Å². The Morgan fingerprint density at radius 2 is 1.79 bits per heavy atom. The minimum Gasteiger partial charge on any atom is -0.382 e. The molecule has 230 valence electrons. The number of fused-ring (bicyclic) bond motifs is 1. The smallest absolute Gasteiger partial charge is 0.251 e. The molecular formula is C29H32F5N7O2. The summed E-state index contributed by atoms with van der Waals surface area (Å²) in [6.45, 7) is 2.20. The molecule has 4 heterocycles. The lowest BCUT2D eigenvalue weighted by Crippen LogP contribution is -2.47. The highest BCUT2D eigenvalue weighted by molar-refractivity contribution is 5.97. The second kappa shape index (κ2) is 10.7. The van der Waals surface area contributed by atoms with E-state index in [1.54, 1.807) is 29.6 Å². The van der Waals surface area contributed by atoms with Crippen molar-refractivity contribution >= 4 is 23.1 Å². The van der Waals surface area contributed by atoms with Crippen LogP contribution in [0.15, 0.2) is 30.6 Å². The lowest BCUT2D eigenvalue weighted by Gasteiger charge is -2.36. The van der Waals surface area contributed by atoms with Crippen LogP contribution in [-0.2, 0) is 11.3 Å². The fourth-order valence-corrected chi connectivity index (χ4v) is 6.20. The molecule has 2 aromatic heterocycles. The maximum atomic E-state index is 14.9. The highest BCUT2D eigenvalue weighted by Crippen LogP contribution is 2.43. The fraction of sp³-hybridized carbons (Fsp3) is 0.517. The molecule has 9 nitrogen and oxygen atoms in total. The first-order valence-corrected chi connectivity index (χ1v) is 14.2. The summed E-state index contributed by atoms with van der Waals surface area (Å²) >= 11 is 0. The molecule has 14 heteroatoms. The van der Waals surface area contributed by atoms with Crippen LogP contribution >= 0.6 is 0 Å². The van der Waals surface area contributed by atoms with Crippen LogP contribution in [0, 0.1) is 12.8 Å². The number of rotatable bonds is 6. The van der Waals surface area contributed by atoms with E-state index in [0.717, 1.165) is 5.56 Å². The third kappa shape index (κ3) is 5.76. The fourth-order valence-electron chi connectivity index (χ4n) is 6.20. The summed E-state index contributed by atoms with van der Waals surface area (Å²) in [7, 11) is 0.